The summed E-state index contributed by atoms with van der Waals surface area (Å²) in [7, 11) is 0. The van der Waals surface area contributed by atoms with Crippen LogP contribution in [0.3, 0.4) is 0 Å². The number of aliphatic imine (C=N–C) groups is 1. The predicted octanol–water partition coefficient (Wildman–Crippen LogP) is 22.7. The molecular formula is C63H127N2+. The molecule has 0 saturated heterocycles. The van der Waals surface area contributed by atoms with Gasteiger partial charge in [0, 0.05) is 12.8 Å². The summed E-state index contributed by atoms with van der Waals surface area (Å²) in [6, 6.07) is 0.731. The average molecular weight is 913 g/mol. The van der Waals surface area contributed by atoms with Gasteiger partial charge in [0.05, 0.1) is 13.1 Å². The van der Waals surface area contributed by atoms with Crippen molar-refractivity contribution in [3.63, 3.8) is 0 Å². The number of hydrogen-bond acceptors (Lipinski definition) is 1. The maximum atomic E-state index is 6.46. The molecule has 1 unspecified atom stereocenters. The second-order valence-electron chi connectivity index (χ2n) is 22.5. The van der Waals surface area contributed by atoms with Crippen LogP contribution in [0.2, 0.25) is 0 Å². The lowest BCUT2D eigenvalue weighted by molar-refractivity contribution is -0.868. The van der Waals surface area contributed by atoms with E-state index < -0.39 is 0 Å². The van der Waals surface area contributed by atoms with Crippen molar-refractivity contribution in [2.75, 3.05) is 13.1 Å². The highest BCUT2D eigenvalue weighted by Gasteiger charge is 2.57. The molecule has 0 bridgehead atoms. The summed E-state index contributed by atoms with van der Waals surface area (Å²) in [5.41, 5.74) is 0.182. The molecule has 0 spiro atoms. The normalized spacial score (nSPS) is 15.7. The van der Waals surface area contributed by atoms with E-state index in [0.717, 1.165) is 6.04 Å². The average Bonchev–Trinajstić information content (AvgIpc) is 3.56. The van der Waals surface area contributed by atoms with E-state index in [1.807, 2.05) is 0 Å². The first kappa shape index (κ1) is 62.6. The Labute approximate surface area is 413 Å². The van der Waals surface area contributed by atoms with E-state index >= 15 is 0 Å². The van der Waals surface area contributed by atoms with Crippen molar-refractivity contribution >= 4 is 5.84 Å². The Morgan fingerprint density at radius 1 is 0.292 bits per heavy atom. The summed E-state index contributed by atoms with van der Waals surface area (Å²) in [6.45, 7) is 17.0. The van der Waals surface area contributed by atoms with Crippen LogP contribution in [0.5, 0.6) is 0 Å². The van der Waals surface area contributed by atoms with Crippen molar-refractivity contribution in [3.05, 3.63) is 0 Å². The third kappa shape index (κ3) is 32.2. The van der Waals surface area contributed by atoms with Gasteiger partial charge >= 0.3 is 0 Å². The molecule has 1 aliphatic heterocycles. The standard InChI is InChI=1S/C63H127N2/c1-7-13-19-25-31-37-43-49-55-61-63(57-51-45-39-33-27-21-15-9-3,58-52-46-40-34-28-22-16-10-4)64-62(56-50-44-38-32-26-20-14-8-2)65(61,59-53-47-41-35-29-23-17-11-5)60-54-48-42-36-30-24-18-12-6/h61H,7-60H2,1-6H3/q+1. The highest BCUT2D eigenvalue weighted by molar-refractivity contribution is 5.78. The van der Waals surface area contributed by atoms with Gasteiger partial charge in [-0.3, -0.25) is 4.48 Å². The zero-order valence-electron chi connectivity index (χ0n) is 46.7. The molecule has 1 aliphatic rings. The molecule has 0 aliphatic carbocycles. The minimum atomic E-state index is 0.182. The van der Waals surface area contributed by atoms with Crippen LogP contribution in [-0.4, -0.2) is 35.0 Å². The Morgan fingerprint density at radius 2 is 0.538 bits per heavy atom. The van der Waals surface area contributed by atoms with Crippen LogP contribution < -0.4 is 0 Å². The fourth-order valence-electron chi connectivity index (χ4n) is 12.2. The van der Waals surface area contributed by atoms with Crippen molar-refractivity contribution in [1.29, 1.82) is 0 Å². The summed E-state index contributed by atoms with van der Waals surface area (Å²) >= 11 is 0. The largest absolute Gasteiger partial charge is 0.274 e. The Morgan fingerprint density at radius 3 is 0.846 bits per heavy atom. The molecule has 1 atom stereocenters. The number of amidine groups is 1. The van der Waals surface area contributed by atoms with Gasteiger partial charge in [0.1, 0.15) is 11.6 Å². The lowest BCUT2D eigenvalue weighted by Crippen LogP contribution is -2.62. The Bertz CT molecular complexity index is 928. The first-order chi connectivity index (χ1) is 32.1. The Balaban J connectivity index is 3.58. The molecule has 0 aromatic rings. The summed E-state index contributed by atoms with van der Waals surface area (Å²) in [5, 5.41) is 0. The van der Waals surface area contributed by atoms with Gasteiger partial charge in [-0.05, 0) is 51.4 Å². The lowest BCUT2D eigenvalue weighted by atomic mass is 9.77. The van der Waals surface area contributed by atoms with Crippen LogP contribution in [0, 0.1) is 0 Å². The van der Waals surface area contributed by atoms with Gasteiger partial charge in [0.15, 0.2) is 5.84 Å². The maximum absolute atomic E-state index is 6.46. The number of quaternary nitrogens is 1. The van der Waals surface area contributed by atoms with Gasteiger partial charge in [-0.1, -0.05) is 311 Å². The third-order valence-electron chi connectivity index (χ3n) is 16.4. The van der Waals surface area contributed by atoms with E-state index in [9.17, 15) is 0 Å². The highest BCUT2D eigenvalue weighted by Crippen LogP contribution is 2.47. The molecule has 0 radical (unpaired) electrons. The minimum Gasteiger partial charge on any atom is -0.274 e. The van der Waals surface area contributed by atoms with E-state index in [1.165, 1.54) is 351 Å². The first-order valence-electron chi connectivity index (χ1n) is 31.6. The molecule has 0 amide bonds. The fraction of sp³-hybridized carbons (Fsp3) is 0.984. The van der Waals surface area contributed by atoms with Gasteiger partial charge < -0.3 is 0 Å². The first-order valence-corrected chi connectivity index (χ1v) is 31.6. The molecular weight excluding hydrogens is 785 g/mol. The quantitative estimate of drug-likeness (QED) is 0.0426. The second-order valence-corrected chi connectivity index (χ2v) is 22.5. The van der Waals surface area contributed by atoms with E-state index in [-0.39, 0.29) is 5.54 Å². The number of unbranched alkanes of at least 4 members (excludes halogenated alkanes) is 42. The minimum absolute atomic E-state index is 0.182. The van der Waals surface area contributed by atoms with Gasteiger partial charge in [0.25, 0.3) is 0 Å². The molecule has 0 fully saturated rings. The van der Waals surface area contributed by atoms with Crippen LogP contribution >= 0.6 is 0 Å². The second kappa shape index (κ2) is 47.3. The van der Waals surface area contributed by atoms with Crippen LogP contribution in [0.1, 0.15) is 375 Å². The summed E-state index contributed by atoms with van der Waals surface area (Å²) in [5.74, 6) is 1.74. The van der Waals surface area contributed by atoms with Gasteiger partial charge in [-0.2, -0.15) is 0 Å². The molecule has 0 aromatic heterocycles. The summed E-state index contributed by atoms with van der Waals surface area (Å²) < 4.78 is 1.34. The predicted molar refractivity (Wildman–Crippen MR) is 298 cm³/mol. The smallest absolute Gasteiger partial charge is 0.199 e. The monoisotopic (exact) mass is 912 g/mol. The van der Waals surface area contributed by atoms with E-state index in [0.29, 0.717) is 0 Å². The number of rotatable bonds is 54. The molecule has 65 heavy (non-hydrogen) atoms. The molecule has 2 nitrogen and oxygen atoms in total. The van der Waals surface area contributed by atoms with Crippen molar-refractivity contribution in [3.8, 4) is 0 Å². The van der Waals surface area contributed by atoms with Crippen molar-refractivity contribution < 1.29 is 4.48 Å². The number of hydrogen-bond donors (Lipinski definition) is 0. The van der Waals surface area contributed by atoms with E-state index in [1.54, 1.807) is 5.84 Å². The van der Waals surface area contributed by atoms with E-state index in [2.05, 4.69) is 41.5 Å². The molecule has 1 heterocycles. The van der Waals surface area contributed by atoms with Gasteiger partial charge in [0.2, 0.25) is 0 Å². The van der Waals surface area contributed by atoms with Crippen molar-refractivity contribution in [2.24, 2.45) is 4.99 Å². The molecule has 0 N–H and O–H groups in total. The number of nitrogens with zero attached hydrogens (tertiary/aromatic N) is 2. The Kier molecular flexibility index (Phi) is 45.6. The van der Waals surface area contributed by atoms with Crippen molar-refractivity contribution in [1.82, 2.24) is 0 Å². The summed E-state index contributed by atoms with van der Waals surface area (Å²) in [4.78, 5) is 6.46. The molecule has 0 saturated carbocycles. The zero-order chi connectivity index (χ0) is 47.0. The van der Waals surface area contributed by atoms with E-state index in [4.69, 9.17) is 4.99 Å². The van der Waals surface area contributed by atoms with Gasteiger partial charge in [-0.15, -0.1) is 0 Å². The van der Waals surface area contributed by atoms with Crippen LogP contribution in [-0.2, 0) is 0 Å². The highest BCUT2D eigenvalue weighted by atomic mass is 15.5. The van der Waals surface area contributed by atoms with Crippen LogP contribution in [0.4, 0.5) is 0 Å². The topological polar surface area (TPSA) is 12.4 Å². The Hall–Kier alpha value is -0.370. The van der Waals surface area contributed by atoms with Gasteiger partial charge in [-0.25, -0.2) is 4.99 Å². The third-order valence-corrected chi connectivity index (χ3v) is 16.4. The van der Waals surface area contributed by atoms with Crippen molar-refractivity contribution in [2.45, 2.75) is 387 Å². The molecule has 0 aromatic carbocycles. The fourth-order valence-corrected chi connectivity index (χ4v) is 12.2. The maximum Gasteiger partial charge on any atom is 0.199 e. The molecule has 2 heteroatoms. The lowest BCUT2D eigenvalue weighted by Gasteiger charge is -2.46. The zero-order valence-corrected chi connectivity index (χ0v) is 46.7. The van der Waals surface area contributed by atoms with Crippen LogP contribution in [0.25, 0.3) is 0 Å². The van der Waals surface area contributed by atoms with Crippen LogP contribution in [0.15, 0.2) is 4.99 Å². The molecule has 388 valence electrons. The summed E-state index contributed by atoms with van der Waals surface area (Å²) in [6.07, 6.45) is 74.3. The molecule has 1 rings (SSSR count). The SMILES string of the molecule is CCCCCCCCCCC1=NC(CCCCCCCCCC)(CCCCCCCCCC)C(CCCCCCCCCC)[N+]1(CCCCCCCCCC)CCCCCCCCCC.